The Balaban J connectivity index is 2.11. The third-order valence-electron chi connectivity index (χ3n) is 4.00. The number of benzene rings is 1. The smallest absolute Gasteiger partial charge is 0.328 e. The van der Waals surface area contributed by atoms with Gasteiger partial charge in [0.05, 0.1) is 6.54 Å². The van der Waals surface area contributed by atoms with Crippen molar-refractivity contribution in [1.82, 2.24) is 4.90 Å². The summed E-state index contributed by atoms with van der Waals surface area (Å²) in [6, 6.07) is 2.40. The summed E-state index contributed by atoms with van der Waals surface area (Å²) in [5.74, 6) is -1.80. The van der Waals surface area contributed by atoms with E-state index in [1.807, 2.05) is 4.90 Å². The van der Waals surface area contributed by atoms with Crippen molar-refractivity contribution in [3.05, 3.63) is 29.6 Å². The number of likely N-dealkylation sites (tertiary alicyclic amines) is 1. The van der Waals surface area contributed by atoms with Crippen LogP contribution >= 0.6 is 0 Å². The summed E-state index contributed by atoms with van der Waals surface area (Å²) in [6.45, 7) is 6.97. The molecule has 0 bridgehead atoms. The monoisotopic (exact) mass is 366 g/mol. The maximum Gasteiger partial charge on any atom is 0.328 e. The summed E-state index contributed by atoms with van der Waals surface area (Å²) in [4.78, 5) is 26.4. The van der Waals surface area contributed by atoms with Gasteiger partial charge in [0.2, 0.25) is 0 Å². The summed E-state index contributed by atoms with van der Waals surface area (Å²) in [5, 5.41) is 0. The van der Waals surface area contributed by atoms with Crippen LogP contribution in [-0.2, 0) is 14.3 Å². The molecule has 7 heteroatoms. The number of piperidine rings is 1. The summed E-state index contributed by atoms with van der Waals surface area (Å²) < 4.78 is 24.2. The predicted molar refractivity (Wildman–Crippen MR) is 95.1 cm³/mol. The van der Waals surface area contributed by atoms with E-state index in [2.05, 4.69) is 0 Å². The van der Waals surface area contributed by atoms with Crippen molar-refractivity contribution >= 4 is 11.9 Å². The fourth-order valence-corrected chi connectivity index (χ4v) is 2.80. The van der Waals surface area contributed by atoms with Crippen LogP contribution < -0.4 is 10.5 Å². The molecule has 1 aromatic carbocycles. The van der Waals surface area contributed by atoms with Gasteiger partial charge in [-0.05, 0) is 52.8 Å². The van der Waals surface area contributed by atoms with Crippen LogP contribution in [-0.4, -0.2) is 42.1 Å². The van der Waals surface area contributed by atoms with Crippen LogP contribution in [0.5, 0.6) is 5.75 Å². The average molecular weight is 366 g/mol. The molecule has 1 atom stereocenters. The number of hydrogen-bond donors (Lipinski definition) is 1. The van der Waals surface area contributed by atoms with Gasteiger partial charge in [-0.1, -0.05) is 12.5 Å². The van der Waals surface area contributed by atoms with Crippen molar-refractivity contribution in [3.8, 4) is 5.75 Å². The minimum absolute atomic E-state index is 0.0506. The average Bonchev–Trinajstić information content (AvgIpc) is 2.53. The zero-order valence-corrected chi connectivity index (χ0v) is 15.6. The molecule has 1 heterocycles. The molecule has 26 heavy (non-hydrogen) atoms. The molecule has 1 fully saturated rings. The first-order valence-electron chi connectivity index (χ1n) is 8.86. The Morgan fingerprint density at radius 2 is 1.88 bits per heavy atom. The number of halogens is 1. The maximum absolute atomic E-state index is 13.6. The Bertz CT molecular complexity index is 651. The van der Waals surface area contributed by atoms with E-state index in [0.29, 0.717) is 0 Å². The molecule has 2 rings (SSSR count). The van der Waals surface area contributed by atoms with Crippen molar-refractivity contribution in [1.29, 1.82) is 0 Å². The van der Waals surface area contributed by atoms with Gasteiger partial charge < -0.3 is 15.2 Å². The lowest BCUT2D eigenvalue weighted by Gasteiger charge is -2.25. The Morgan fingerprint density at radius 3 is 2.50 bits per heavy atom. The first kappa shape index (κ1) is 20.3. The number of carbonyl (C=O) groups excluding carboxylic acids is 2. The van der Waals surface area contributed by atoms with Crippen molar-refractivity contribution in [2.75, 3.05) is 19.6 Å². The molecule has 1 saturated heterocycles. The van der Waals surface area contributed by atoms with Gasteiger partial charge in [-0.15, -0.1) is 0 Å². The highest BCUT2D eigenvalue weighted by atomic mass is 19.1. The molecule has 0 amide bonds. The molecule has 1 aromatic rings. The highest BCUT2D eigenvalue weighted by Crippen LogP contribution is 2.27. The second-order valence-corrected chi connectivity index (χ2v) is 7.50. The van der Waals surface area contributed by atoms with Gasteiger partial charge in [0, 0.05) is 11.6 Å². The number of ether oxygens (including phenoxy) is 2. The number of carbonyl (C=O) groups is 2. The molecule has 0 aromatic heterocycles. The van der Waals surface area contributed by atoms with Crippen LogP contribution in [0, 0.1) is 5.82 Å². The van der Waals surface area contributed by atoms with Crippen LogP contribution in [0.15, 0.2) is 18.2 Å². The second-order valence-electron chi connectivity index (χ2n) is 7.50. The summed E-state index contributed by atoms with van der Waals surface area (Å²) in [6.07, 6.45) is 3.24. The van der Waals surface area contributed by atoms with E-state index in [1.54, 1.807) is 20.8 Å². The van der Waals surface area contributed by atoms with E-state index in [4.69, 9.17) is 15.2 Å². The van der Waals surface area contributed by atoms with Gasteiger partial charge in [-0.3, -0.25) is 9.69 Å². The van der Waals surface area contributed by atoms with E-state index in [-0.39, 0.29) is 17.9 Å². The Morgan fingerprint density at radius 1 is 1.23 bits per heavy atom. The fraction of sp³-hybridized carbons (Fsp3) is 0.579. The predicted octanol–water partition coefficient (Wildman–Crippen LogP) is 2.56. The molecule has 1 unspecified atom stereocenters. The Labute approximate surface area is 153 Å². The summed E-state index contributed by atoms with van der Waals surface area (Å²) in [5.41, 5.74) is 5.46. The molecule has 0 saturated carbocycles. The van der Waals surface area contributed by atoms with Crippen molar-refractivity contribution in [2.24, 2.45) is 5.73 Å². The maximum atomic E-state index is 13.6. The largest absolute Gasteiger partial charge is 0.459 e. The van der Waals surface area contributed by atoms with Gasteiger partial charge in [0.15, 0.2) is 0 Å². The Kier molecular flexibility index (Phi) is 6.72. The molecule has 6 nitrogen and oxygen atoms in total. The van der Waals surface area contributed by atoms with Crippen LogP contribution in [0.2, 0.25) is 0 Å². The standard InChI is InChI=1S/C19H27FN2O4/c1-19(2,3)26-18(24)17(21)14-8-7-13(20)11-15(14)25-16(23)12-22-9-5-4-6-10-22/h7-8,11,17H,4-6,9-10,12,21H2,1-3H3. The van der Waals surface area contributed by atoms with Crippen molar-refractivity contribution in [2.45, 2.75) is 51.7 Å². The molecule has 1 aliphatic rings. The molecule has 1 aliphatic heterocycles. The number of nitrogens with zero attached hydrogens (tertiary/aromatic N) is 1. The molecule has 144 valence electrons. The molecule has 0 spiro atoms. The zero-order valence-electron chi connectivity index (χ0n) is 15.6. The third kappa shape index (κ3) is 6.07. The van der Waals surface area contributed by atoms with E-state index >= 15 is 0 Å². The number of hydrogen-bond acceptors (Lipinski definition) is 6. The van der Waals surface area contributed by atoms with E-state index < -0.39 is 29.4 Å². The normalized spacial score (nSPS) is 16.8. The summed E-state index contributed by atoms with van der Waals surface area (Å²) in [7, 11) is 0. The molecular formula is C19H27FN2O4. The number of rotatable bonds is 5. The van der Waals surface area contributed by atoms with Crippen molar-refractivity contribution < 1.29 is 23.5 Å². The quantitative estimate of drug-likeness (QED) is 0.637. The molecule has 2 N–H and O–H groups in total. The van der Waals surface area contributed by atoms with Crippen LogP contribution in [0.1, 0.15) is 51.6 Å². The van der Waals surface area contributed by atoms with Gasteiger partial charge in [0.25, 0.3) is 0 Å². The lowest BCUT2D eigenvalue weighted by atomic mass is 10.1. The molecule has 0 aliphatic carbocycles. The first-order valence-corrected chi connectivity index (χ1v) is 8.86. The van der Waals surface area contributed by atoms with Gasteiger partial charge in [-0.2, -0.15) is 0 Å². The molecular weight excluding hydrogens is 339 g/mol. The van der Waals surface area contributed by atoms with Crippen LogP contribution in [0.4, 0.5) is 4.39 Å². The third-order valence-corrected chi connectivity index (χ3v) is 4.00. The SMILES string of the molecule is CC(C)(C)OC(=O)C(N)c1ccc(F)cc1OC(=O)CN1CCCCC1. The summed E-state index contributed by atoms with van der Waals surface area (Å²) >= 11 is 0. The van der Waals surface area contributed by atoms with E-state index in [9.17, 15) is 14.0 Å². The zero-order chi connectivity index (χ0) is 19.3. The highest BCUT2D eigenvalue weighted by molar-refractivity contribution is 5.80. The van der Waals surface area contributed by atoms with Gasteiger partial charge in [0.1, 0.15) is 23.2 Å². The molecule has 0 radical (unpaired) electrons. The van der Waals surface area contributed by atoms with Crippen LogP contribution in [0.25, 0.3) is 0 Å². The topological polar surface area (TPSA) is 81.9 Å². The first-order chi connectivity index (χ1) is 12.2. The van der Waals surface area contributed by atoms with Crippen molar-refractivity contribution in [3.63, 3.8) is 0 Å². The minimum atomic E-state index is -1.17. The Hall–Kier alpha value is -1.99. The number of esters is 2. The lowest BCUT2D eigenvalue weighted by molar-refractivity contribution is -0.156. The highest BCUT2D eigenvalue weighted by Gasteiger charge is 2.27. The van der Waals surface area contributed by atoms with E-state index in [1.165, 1.54) is 12.1 Å². The number of nitrogens with two attached hydrogens (primary N) is 1. The van der Waals surface area contributed by atoms with Gasteiger partial charge >= 0.3 is 11.9 Å². The second kappa shape index (κ2) is 8.60. The van der Waals surface area contributed by atoms with Gasteiger partial charge in [-0.25, -0.2) is 9.18 Å². The fourth-order valence-electron chi connectivity index (χ4n) is 2.80. The van der Waals surface area contributed by atoms with Crippen LogP contribution in [0.3, 0.4) is 0 Å². The minimum Gasteiger partial charge on any atom is -0.459 e. The van der Waals surface area contributed by atoms with E-state index in [0.717, 1.165) is 38.4 Å². The lowest BCUT2D eigenvalue weighted by Crippen LogP contribution is -2.36.